The highest BCUT2D eigenvalue weighted by Gasteiger charge is 2.25. The molecule has 2 atom stereocenters. The van der Waals surface area contributed by atoms with E-state index >= 15 is 0 Å². The standard InChI is InChI=1S/C8H15NO3/c1-3-11-8(10)7-4-9-6(2)5-12-7/h6-7,9H,3-5H2,1-2H3/t6?,7-/m1/s1. The van der Waals surface area contributed by atoms with E-state index in [-0.39, 0.29) is 5.97 Å². The fourth-order valence-electron chi connectivity index (χ4n) is 1.07. The van der Waals surface area contributed by atoms with Crippen LogP contribution in [0.2, 0.25) is 0 Å². The van der Waals surface area contributed by atoms with Crippen molar-refractivity contribution in [2.45, 2.75) is 26.0 Å². The molecule has 1 aliphatic heterocycles. The molecule has 1 fully saturated rings. The fourth-order valence-corrected chi connectivity index (χ4v) is 1.07. The summed E-state index contributed by atoms with van der Waals surface area (Å²) in [5.74, 6) is -0.267. The van der Waals surface area contributed by atoms with E-state index in [9.17, 15) is 4.79 Å². The number of nitrogens with one attached hydrogen (secondary N) is 1. The van der Waals surface area contributed by atoms with Gasteiger partial charge in [-0.2, -0.15) is 0 Å². The molecule has 12 heavy (non-hydrogen) atoms. The van der Waals surface area contributed by atoms with Crippen LogP contribution in [-0.4, -0.2) is 37.9 Å². The van der Waals surface area contributed by atoms with Gasteiger partial charge in [0.1, 0.15) is 0 Å². The third-order valence-electron chi connectivity index (χ3n) is 1.75. The SMILES string of the molecule is CCOC(=O)[C@H]1CNC(C)CO1. The largest absolute Gasteiger partial charge is 0.464 e. The second kappa shape index (κ2) is 4.42. The molecular weight excluding hydrogens is 158 g/mol. The number of ether oxygens (including phenoxy) is 2. The van der Waals surface area contributed by atoms with Crippen molar-refractivity contribution >= 4 is 5.97 Å². The maximum Gasteiger partial charge on any atom is 0.336 e. The van der Waals surface area contributed by atoms with Crippen molar-refractivity contribution in [1.82, 2.24) is 5.32 Å². The molecule has 70 valence electrons. The van der Waals surface area contributed by atoms with Crippen LogP contribution >= 0.6 is 0 Å². The summed E-state index contributed by atoms with van der Waals surface area (Å²) in [5.41, 5.74) is 0. The lowest BCUT2D eigenvalue weighted by Gasteiger charge is -2.26. The minimum absolute atomic E-state index is 0.267. The predicted molar refractivity (Wildman–Crippen MR) is 43.8 cm³/mol. The van der Waals surface area contributed by atoms with Gasteiger partial charge in [-0.1, -0.05) is 0 Å². The molecule has 0 aliphatic carbocycles. The molecule has 0 aromatic carbocycles. The molecule has 1 unspecified atom stereocenters. The molecule has 1 saturated heterocycles. The number of hydrogen-bond donors (Lipinski definition) is 1. The maximum atomic E-state index is 11.1. The second-order valence-corrected chi connectivity index (χ2v) is 2.88. The van der Waals surface area contributed by atoms with Gasteiger partial charge in [0.15, 0.2) is 6.10 Å². The summed E-state index contributed by atoms with van der Waals surface area (Å²) in [7, 11) is 0. The highest BCUT2D eigenvalue weighted by atomic mass is 16.6. The van der Waals surface area contributed by atoms with Gasteiger partial charge in [0.05, 0.1) is 13.2 Å². The van der Waals surface area contributed by atoms with Crippen molar-refractivity contribution in [3.63, 3.8) is 0 Å². The first-order chi connectivity index (χ1) is 5.74. The first kappa shape index (κ1) is 9.48. The Kier molecular flexibility index (Phi) is 3.49. The third-order valence-corrected chi connectivity index (χ3v) is 1.75. The molecular formula is C8H15NO3. The summed E-state index contributed by atoms with van der Waals surface area (Å²) in [6.07, 6.45) is -0.416. The van der Waals surface area contributed by atoms with Gasteiger partial charge in [-0.25, -0.2) is 4.79 Å². The first-order valence-corrected chi connectivity index (χ1v) is 4.25. The molecule has 0 amide bonds. The third kappa shape index (κ3) is 2.46. The molecule has 1 rings (SSSR count). The number of esters is 1. The maximum absolute atomic E-state index is 11.1. The summed E-state index contributed by atoms with van der Waals surface area (Å²) in [5, 5.41) is 3.15. The topological polar surface area (TPSA) is 47.6 Å². The van der Waals surface area contributed by atoms with Gasteiger partial charge in [0, 0.05) is 12.6 Å². The lowest BCUT2D eigenvalue weighted by Crippen LogP contribution is -2.48. The van der Waals surface area contributed by atoms with Gasteiger partial charge in [-0.05, 0) is 13.8 Å². The van der Waals surface area contributed by atoms with E-state index in [1.54, 1.807) is 6.92 Å². The normalized spacial score (nSPS) is 29.8. The Morgan fingerprint density at radius 2 is 2.50 bits per heavy atom. The minimum atomic E-state index is -0.416. The van der Waals surface area contributed by atoms with Gasteiger partial charge < -0.3 is 14.8 Å². The quantitative estimate of drug-likeness (QED) is 0.594. The highest BCUT2D eigenvalue weighted by molar-refractivity contribution is 5.75. The molecule has 1 heterocycles. The van der Waals surface area contributed by atoms with Crippen LogP contribution in [0.15, 0.2) is 0 Å². The molecule has 0 spiro atoms. The monoisotopic (exact) mass is 173 g/mol. The molecule has 0 bridgehead atoms. The van der Waals surface area contributed by atoms with Gasteiger partial charge in [0.2, 0.25) is 0 Å². The number of morpholine rings is 1. The van der Waals surface area contributed by atoms with Crippen molar-refractivity contribution in [3.05, 3.63) is 0 Å². The Balaban J connectivity index is 2.29. The van der Waals surface area contributed by atoms with Gasteiger partial charge in [-0.3, -0.25) is 0 Å². The molecule has 1 aliphatic rings. The Morgan fingerprint density at radius 1 is 1.75 bits per heavy atom. The molecule has 0 aromatic heterocycles. The Bertz CT molecular complexity index is 152. The van der Waals surface area contributed by atoms with E-state index in [2.05, 4.69) is 5.32 Å². The van der Waals surface area contributed by atoms with Crippen LogP contribution < -0.4 is 5.32 Å². The van der Waals surface area contributed by atoms with Crippen LogP contribution in [0.25, 0.3) is 0 Å². The Hall–Kier alpha value is -0.610. The average molecular weight is 173 g/mol. The van der Waals surface area contributed by atoms with Gasteiger partial charge in [-0.15, -0.1) is 0 Å². The van der Waals surface area contributed by atoms with Crippen molar-refractivity contribution < 1.29 is 14.3 Å². The molecule has 4 nitrogen and oxygen atoms in total. The second-order valence-electron chi connectivity index (χ2n) is 2.88. The highest BCUT2D eigenvalue weighted by Crippen LogP contribution is 2.02. The number of carbonyl (C=O) groups excluding carboxylic acids is 1. The number of hydrogen-bond acceptors (Lipinski definition) is 4. The van der Waals surface area contributed by atoms with E-state index in [4.69, 9.17) is 9.47 Å². The van der Waals surface area contributed by atoms with Crippen LogP contribution in [-0.2, 0) is 14.3 Å². The minimum Gasteiger partial charge on any atom is -0.464 e. The van der Waals surface area contributed by atoms with Gasteiger partial charge >= 0.3 is 5.97 Å². The molecule has 0 aromatic rings. The zero-order valence-electron chi connectivity index (χ0n) is 7.50. The van der Waals surface area contributed by atoms with E-state index in [1.165, 1.54) is 0 Å². The summed E-state index contributed by atoms with van der Waals surface area (Å²) >= 11 is 0. The zero-order chi connectivity index (χ0) is 8.97. The smallest absolute Gasteiger partial charge is 0.336 e. The Labute approximate surface area is 72.2 Å². The first-order valence-electron chi connectivity index (χ1n) is 4.25. The van der Waals surface area contributed by atoms with E-state index in [0.717, 1.165) is 0 Å². The van der Waals surface area contributed by atoms with Crippen LogP contribution in [0, 0.1) is 0 Å². The van der Waals surface area contributed by atoms with E-state index in [1.807, 2.05) is 6.92 Å². The number of carbonyl (C=O) groups is 1. The molecule has 0 radical (unpaired) electrons. The molecule has 0 saturated carbocycles. The predicted octanol–water partition coefficient (Wildman–Crippen LogP) is -0.0736. The van der Waals surface area contributed by atoms with Gasteiger partial charge in [0.25, 0.3) is 0 Å². The van der Waals surface area contributed by atoms with E-state index in [0.29, 0.717) is 25.8 Å². The molecule has 1 N–H and O–H groups in total. The lowest BCUT2D eigenvalue weighted by molar-refractivity contribution is -0.159. The van der Waals surface area contributed by atoms with Crippen LogP contribution in [0.5, 0.6) is 0 Å². The Morgan fingerprint density at radius 3 is 3.00 bits per heavy atom. The van der Waals surface area contributed by atoms with Crippen molar-refractivity contribution in [3.8, 4) is 0 Å². The summed E-state index contributed by atoms with van der Waals surface area (Å²) in [6.45, 7) is 5.34. The number of rotatable bonds is 2. The van der Waals surface area contributed by atoms with E-state index < -0.39 is 6.10 Å². The molecule has 4 heteroatoms. The summed E-state index contributed by atoms with van der Waals surface area (Å²) < 4.78 is 10.1. The average Bonchev–Trinajstić information content (AvgIpc) is 2.06. The van der Waals surface area contributed by atoms with Crippen LogP contribution in [0.1, 0.15) is 13.8 Å². The van der Waals surface area contributed by atoms with Crippen LogP contribution in [0.3, 0.4) is 0 Å². The fraction of sp³-hybridized carbons (Fsp3) is 0.875. The lowest BCUT2D eigenvalue weighted by atomic mass is 10.2. The van der Waals surface area contributed by atoms with Crippen molar-refractivity contribution in [2.24, 2.45) is 0 Å². The summed E-state index contributed by atoms with van der Waals surface area (Å²) in [4.78, 5) is 11.1. The van der Waals surface area contributed by atoms with Crippen molar-refractivity contribution in [1.29, 1.82) is 0 Å². The van der Waals surface area contributed by atoms with Crippen LogP contribution in [0.4, 0.5) is 0 Å². The summed E-state index contributed by atoms with van der Waals surface area (Å²) in [6, 6.07) is 0.329. The van der Waals surface area contributed by atoms with Crippen molar-refractivity contribution in [2.75, 3.05) is 19.8 Å². The zero-order valence-corrected chi connectivity index (χ0v) is 7.50.